The minimum Gasteiger partial charge on any atom is -0.462 e. The van der Waals surface area contributed by atoms with Crippen LogP contribution in [-0.2, 0) is 11.2 Å². The molecule has 0 radical (unpaired) electrons. The number of ether oxygens (including phenoxy) is 1. The van der Waals surface area contributed by atoms with E-state index in [1.807, 2.05) is 38.1 Å². The van der Waals surface area contributed by atoms with Crippen LogP contribution in [0.15, 0.2) is 42.5 Å². The fraction of sp³-hybridized carbons (Fsp3) is 0.316. The van der Waals surface area contributed by atoms with Gasteiger partial charge in [0.1, 0.15) is 5.82 Å². The molecule has 0 aliphatic heterocycles. The first-order valence-electron chi connectivity index (χ1n) is 7.71. The number of hydrogen-bond donors (Lipinski definition) is 0. The van der Waals surface area contributed by atoms with Crippen molar-refractivity contribution in [3.63, 3.8) is 0 Å². The molecule has 0 aliphatic carbocycles. The molecular formula is C19H21FO2. The molecule has 0 spiro atoms. The summed E-state index contributed by atoms with van der Waals surface area (Å²) in [6.07, 6.45) is 2.46. The quantitative estimate of drug-likeness (QED) is 0.701. The highest BCUT2D eigenvalue weighted by molar-refractivity contribution is 5.90. The van der Waals surface area contributed by atoms with E-state index >= 15 is 0 Å². The average Bonchev–Trinajstić information content (AvgIpc) is 2.55. The molecule has 0 saturated heterocycles. The van der Waals surface area contributed by atoms with E-state index in [-0.39, 0.29) is 11.8 Å². The monoisotopic (exact) mass is 300 g/mol. The van der Waals surface area contributed by atoms with Crippen LogP contribution in [0.2, 0.25) is 0 Å². The zero-order valence-corrected chi connectivity index (χ0v) is 13.1. The third kappa shape index (κ3) is 3.94. The molecular weight excluding hydrogens is 279 g/mol. The van der Waals surface area contributed by atoms with Gasteiger partial charge in [0.25, 0.3) is 0 Å². The van der Waals surface area contributed by atoms with Crippen molar-refractivity contribution in [2.75, 3.05) is 6.61 Å². The minimum absolute atomic E-state index is 0.175. The first-order valence-corrected chi connectivity index (χ1v) is 7.71. The average molecular weight is 300 g/mol. The molecule has 2 aromatic carbocycles. The zero-order valence-electron chi connectivity index (χ0n) is 13.1. The molecule has 0 bridgehead atoms. The summed E-state index contributed by atoms with van der Waals surface area (Å²) in [4.78, 5) is 11.7. The standard InChI is InChI=1S/C19H21FO2/c1-3-5-15-8-11-17(13-18(15)20)14-6-9-16(10-7-14)19(21)22-12-4-2/h6-11,13H,3-5,12H2,1-2H3. The smallest absolute Gasteiger partial charge is 0.338 e. The highest BCUT2D eigenvalue weighted by Gasteiger charge is 2.08. The number of carbonyl (C=O) groups excluding carboxylic acids is 1. The van der Waals surface area contributed by atoms with Gasteiger partial charge < -0.3 is 4.74 Å². The lowest BCUT2D eigenvalue weighted by Crippen LogP contribution is -2.05. The van der Waals surface area contributed by atoms with Crippen molar-refractivity contribution < 1.29 is 13.9 Å². The Morgan fingerprint density at radius 2 is 1.68 bits per heavy atom. The molecule has 0 fully saturated rings. The fourth-order valence-corrected chi connectivity index (χ4v) is 2.28. The van der Waals surface area contributed by atoms with E-state index in [9.17, 15) is 9.18 Å². The van der Waals surface area contributed by atoms with E-state index in [4.69, 9.17) is 4.74 Å². The lowest BCUT2D eigenvalue weighted by Gasteiger charge is -2.07. The van der Waals surface area contributed by atoms with Crippen LogP contribution in [0.1, 0.15) is 42.6 Å². The van der Waals surface area contributed by atoms with Crippen LogP contribution in [0.5, 0.6) is 0 Å². The summed E-state index contributed by atoms with van der Waals surface area (Å²) in [5.41, 5.74) is 2.95. The van der Waals surface area contributed by atoms with E-state index in [2.05, 4.69) is 0 Å². The van der Waals surface area contributed by atoms with Crippen molar-refractivity contribution in [2.24, 2.45) is 0 Å². The van der Waals surface area contributed by atoms with Gasteiger partial charge in [-0.2, -0.15) is 0 Å². The van der Waals surface area contributed by atoms with Crippen LogP contribution in [0.25, 0.3) is 11.1 Å². The first-order chi connectivity index (χ1) is 10.7. The van der Waals surface area contributed by atoms with Crippen LogP contribution in [0.4, 0.5) is 4.39 Å². The maximum absolute atomic E-state index is 14.0. The normalized spacial score (nSPS) is 10.5. The molecule has 0 unspecified atom stereocenters. The molecule has 0 amide bonds. The van der Waals surface area contributed by atoms with Crippen LogP contribution >= 0.6 is 0 Å². The van der Waals surface area contributed by atoms with Gasteiger partial charge in [-0.1, -0.05) is 44.5 Å². The first kappa shape index (κ1) is 16.2. The molecule has 0 atom stereocenters. The Morgan fingerprint density at radius 1 is 1.00 bits per heavy atom. The highest BCUT2D eigenvalue weighted by Crippen LogP contribution is 2.23. The van der Waals surface area contributed by atoms with Crippen molar-refractivity contribution in [3.8, 4) is 11.1 Å². The SMILES string of the molecule is CCCOC(=O)c1ccc(-c2ccc(CCC)c(F)c2)cc1. The second kappa shape index (κ2) is 7.74. The Kier molecular flexibility index (Phi) is 5.70. The minimum atomic E-state index is -0.321. The van der Waals surface area contributed by atoms with Crippen LogP contribution in [0, 0.1) is 5.82 Å². The van der Waals surface area contributed by atoms with Crippen molar-refractivity contribution >= 4 is 5.97 Å². The largest absolute Gasteiger partial charge is 0.462 e. The van der Waals surface area contributed by atoms with Gasteiger partial charge in [0, 0.05) is 0 Å². The summed E-state index contributed by atoms with van der Waals surface area (Å²) < 4.78 is 19.1. The Morgan fingerprint density at radius 3 is 2.27 bits per heavy atom. The summed E-state index contributed by atoms with van der Waals surface area (Å²) >= 11 is 0. The molecule has 0 saturated carbocycles. The van der Waals surface area contributed by atoms with Crippen molar-refractivity contribution in [2.45, 2.75) is 33.1 Å². The number of benzene rings is 2. The number of hydrogen-bond acceptors (Lipinski definition) is 2. The Bertz CT molecular complexity index is 632. The van der Waals surface area contributed by atoms with E-state index < -0.39 is 0 Å². The Balaban J connectivity index is 2.16. The lowest BCUT2D eigenvalue weighted by atomic mass is 10.0. The van der Waals surface area contributed by atoms with Gasteiger partial charge in [-0.25, -0.2) is 9.18 Å². The third-order valence-electron chi connectivity index (χ3n) is 3.46. The molecule has 3 heteroatoms. The number of aryl methyl sites for hydroxylation is 1. The fourth-order valence-electron chi connectivity index (χ4n) is 2.28. The summed E-state index contributed by atoms with van der Waals surface area (Å²) in [7, 11) is 0. The Hall–Kier alpha value is -2.16. The van der Waals surface area contributed by atoms with Gasteiger partial charge in [0.05, 0.1) is 12.2 Å². The van der Waals surface area contributed by atoms with Gasteiger partial charge in [-0.3, -0.25) is 0 Å². The van der Waals surface area contributed by atoms with Crippen LogP contribution < -0.4 is 0 Å². The van der Waals surface area contributed by atoms with Gasteiger partial charge in [-0.15, -0.1) is 0 Å². The summed E-state index contributed by atoms with van der Waals surface area (Å²) in [6, 6.07) is 12.4. The van der Waals surface area contributed by atoms with Crippen molar-refractivity contribution in [1.82, 2.24) is 0 Å². The lowest BCUT2D eigenvalue weighted by molar-refractivity contribution is 0.0505. The summed E-state index contributed by atoms with van der Waals surface area (Å²) in [6.45, 7) is 4.40. The molecule has 2 nitrogen and oxygen atoms in total. The second-order valence-corrected chi connectivity index (χ2v) is 5.27. The highest BCUT2D eigenvalue weighted by atomic mass is 19.1. The molecule has 2 rings (SSSR count). The topological polar surface area (TPSA) is 26.3 Å². The van der Waals surface area contributed by atoms with Crippen molar-refractivity contribution in [3.05, 3.63) is 59.4 Å². The van der Waals surface area contributed by atoms with Gasteiger partial charge in [0.15, 0.2) is 0 Å². The molecule has 0 heterocycles. The zero-order chi connectivity index (χ0) is 15.9. The van der Waals surface area contributed by atoms with Crippen LogP contribution in [-0.4, -0.2) is 12.6 Å². The van der Waals surface area contributed by atoms with Crippen LogP contribution in [0.3, 0.4) is 0 Å². The predicted octanol–water partition coefficient (Wildman–Crippen LogP) is 5.01. The predicted molar refractivity (Wildman–Crippen MR) is 86.4 cm³/mol. The van der Waals surface area contributed by atoms with E-state index in [0.717, 1.165) is 36.0 Å². The van der Waals surface area contributed by atoms with Gasteiger partial charge in [0.2, 0.25) is 0 Å². The maximum atomic E-state index is 14.0. The number of carbonyl (C=O) groups is 1. The molecule has 22 heavy (non-hydrogen) atoms. The number of halogens is 1. The maximum Gasteiger partial charge on any atom is 0.338 e. The third-order valence-corrected chi connectivity index (χ3v) is 3.46. The van der Waals surface area contributed by atoms with Crippen molar-refractivity contribution in [1.29, 1.82) is 0 Å². The van der Waals surface area contributed by atoms with E-state index in [1.54, 1.807) is 18.2 Å². The van der Waals surface area contributed by atoms with E-state index in [1.165, 1.54) is 0 Å². The molecule has 0 N–H and O–H groups in total. The van der Waals surface area contributed by atoms with Gasteiger partial charge >= 0.3 is 5.97 Å². The second-order valence-electron chi connectivity index (χ2n) is 5.27. The summed E-state index contributed by atoms with van der Waals surface area (Å²) in [5, 5.41) is 0. The molecule has 0 aliphatic rings. The molecule has 2 aromatic rings. The Labute approximate surface area is 130 Å². The summed E-state index contributed by atoms with van der Waals surface area (Å²) in [5.74, 6) is -0.497. The molecule has 116 valence electrons. The number of esters is 1. The van der Waals surface area contributed by atoms with Gasteiger partial charge in [-0.05, 0) is 47.7 Å². The molecule has 0 aromatic heterocycles. The number of rotatable bonds is 6. The van der Waals surface area contributed by atoms with E-state index in [0.29, 0.717) is 12.2 Å².